The van der Waals surface area contributed by atoms with Crippen molar-refractivity contribution in [2.75, 3.05) is 44.8 Å². The summed E-state index contributed by atoms with van der Waals surface area (Å²) in [6.07, 6.45) is 3.69. The lowest BCUT2D eigenvalue weighted by atomic mass is 10.1. The second kappa shape index (κ2) is 7.31. The van der Waals surface area contributed by atoms with Crippen LogP contribution in [-0.2, 0) is 14.3 Å². The van der Waals surface area contributed by atoms with Gasteiger partial charge in [0.05, 0.1) is 19.3 Å². The van der Waals surface area contributed by atoms with Gasteiger partial charge >= 0.3 is 5.97 Å². The maximum absolute atomic E-state index is 12.1. The summed E-state index contributed by atoms with van der Waals surface area (Å²) < 4.78 is 4.73. The molecule has 0 atom stereocenters. The Hall–Kier alpha value is -0.750. The molecular formula is C14H24N2O3S. The molecule has 0 aromatic rings. The van der Waals surface area contributed by atoms with Crippen LogP contribution in [0.15, 0.2) is 0 Å². The number of methoxy groups -OCH3 is 1. The maximum Gasteiger partial charge on any atom is 0.306 e. The minimum absolute atomic E-state index is 0.110. The lowest BCUT2D eigenvalue weighted by Gasteiger charge is -2.20. The van der Waals surface area contributed by atoms with Crippen molar-refractivity contribution < 1.29 is 14.3 Å². The lowest BCUT2D eigenvalue weighted by molar-refractivity contribution is -0.141. The highest BCUT2D eigenvalue weighted by atomic mass is 32.2. The van der Waals surface area contributed by atoms with Crippen LogP contribution in [0.5, 0.6) is 0 Å². The molecular weight excluding hydrogens is 276 g/mol. The number of carbonyl (C=O) groups is 2. The van der Waals surface area contributed by atoms with E-state index in [4.69, 9.17) is 4.74 Å². The molecule has 0 bridgehead atoms. The summed E-state index contributed by atoms with van der Waals surface area (Å²) >= 11 is 1.66. The average molecular weight is 300 g/mol. The van der Waals surface area contributed by atoms with Crippen LogP contribution in [0, 0.1) is 5.41 Å². The predicted octanol–water partition coefficient (Wildman–Crippen LogP) is 0.885. The molecule has 1 aliphatic heterocycles. The second-order valence-corrected chi connectivity index (χ2v) is 6.72. The van der Waals surface area contributed by atoms with Crippen molar-refractivity contribution in [2.24, 2.45) is 5.41 Å². The third kappa shape index (κ3) is 4.66. The molecule has 0 aromatic heterocycles. The van der Waals surface area contributed by atoms with E-state index in [2.05, 4.69) is 5.32 Å². The number of amides is 1. The van der Waals surface area contributed by atoms with Gasteiger partial charge in [-0.3, -0.25) is 9.59 Å². The summed E-state index contributed by atoms with van der Waals surface area (Å²) in [5, 5.41) is 3.30. The Morgan fingerprint density at radius 1 is 1.30 bits per heavy atom. The number of ether oxygens (including phenoxy) is 1. The number of rotatable bonds is 6. The standard InChI is InChI=1S/C14H24N2O3S/c1-19-13(18)9-14(3-4-14)11-20-10-12(17)16-7-2-5-15-6-8-16/h15H,2-11H2,1H3. The molecule has 1 N–H and O–H groups in total. The maximum atomic E-state index is 12.1. The minimum Gasteiger partial charge on any atom is -0.469 e. The fraction of sp³-hybridized carbons (Fsp3) is 0.857. The van der Waals surface area contributed by atoms with Gasteiger partial charge in [-0.1, -0.05) is 0 Å². The third-order valence-corrected chi connectivity index (χ3v) is 5.30. The van der Waals surface area contributed by atoms with Crippen molar-refractivity contribution >= 4 is 23.6 Å². The molecule has 1 saturated carbocycles. The Labute approximate surface area is 124 Å². The lowest BCUT2D eigenvalue weighted by Crippen LogP contribution is -2.35. The largest absolute Gasteiger partial charge is 0.469 e. The molecule has 2 rings (SSSR count). The SMILES string of the molecule is COC(=O)CC1(CSCC(=O)N2CCCNCC2)CC1. The monoisotopic (exact) mass is 300 g/mol. The molecule has 0 unspecified atom stereocenters. The third-order valence-electron chi connectivity index (χ3n) is 4.03. The first kappa shape index (κ1) is 15.6. The van der Waals surface area contributed by atoms with Gasteiger partial charge in [-0.05, 0) is 37.0 Å². The Morgan fingerprint density at radius 2 is 2.10 bits per heavy atom. The predicted molar refractivity (Wildman–Crippen MR) is 79.7 cm³/mol. The summed E-state index contributed by atoms with van der Waals surface area (Å²) in [5.41, 5.74) is 0.110. The molecule has 114 valence electrons. The molecule has 6 heteroatoms. The van der Waals surface area contributed by atoms with Gasteiger partial charge in [0, 0.05) is 19.6 Å². The molecule has 0 radical (unpaired) electrons. The van der Waals surface area contributed by atoms with Gasteiger partial charge in [-0.2, -0.15) is 11.8 Å². The van der Waals surface area contributed by atoms with Crippen molar-refractivity contribution in [2.45, 2.75) is 25.7 Å². The Balaban J connectivity index is 1.67. The molecule has 2 aliphatic rings. The number of carbonyl (C=O) groups excluding carboxylic acids is 2. The molecule has 20 heavy (non-hydrogen) atoms. The zero-order chi connectivity index (χ0) is 14.4. The highest BCUT2D eigenvalue weighted by Gasteiger charge is 2.44. The topological polar surface area (TPSA) is 58.6 Å². The van der Waals surface area contributed by atoms with Gasteiger partial charge in [0.2, 0.25) is 5.91 Å². The molecule has 1 aliphatic carbocycles. The van der Waals surface area contributed by atoms with Crippen molar-refractivity contribution in [3.8, 4) is 0 Å². The normalized spacial score (nSPS) is 21.1. The van der Waals surface area contributed by atoms with Crippen LogP contribution < -0.4 is 5.32 Å². The molecule has 1 saturated heterocycles. The van der Waals surface area contributed by atoms with Crippen molar-refractivity contribution in [3.63, 3.8) is 0 Å². The molecule has 0 spiro atoms. The Bertz CT molecular complexity index is 350. The van der Waals surface area contributed by atoms with Gasteiger partial charge in [0.15, 0.2) is 0 Å². The summed E-state index contributed by atoms with van der Waals surface area (Å²) in [4.78, 5) is 25.4. The molecule has 1 amide bonds. The zero-order valence-corrected chi connectivity index (χ0v) is 13.0. The Kier molecular flexibility index (Phi) is 5.72. The second-order valence-electron chi connectivity index (χ2n) is 5.73. The van der Waals surface area contributed by atoms with Crippen LogP contribution in [-0.4, -0.2) is 61.6 Å². The molecule has 2 fully saturated rings. The van der Waals surface area contributed by atoms with E-state index in [1.165, 1.54) is 7.11 Å². The zero-order valence-electron chi connectivity index (χ0n) is 12.2. The Morgan fingerprint density at radius 3 is 2.80 bits per heavy atom. The first-order valence-electron chi connectivity index (χ1n) is 7.28. The fourth-order valence-electron chi connectivity index (χ4n) is 2.47. The van der Waals surface area contributed by atoms with E-state index in [-0.39, 0.29) is 17.3 Å². The van der Waals surface area contributed by atoms with Crippen LogP contribution in [0.3, 0.4) is 0 Å². The first-order valence-corrected chi connectivity index (χ1v) is 8.44. The van der Waals surface area contributed by atoms with Gasteiger partial charge in [0.25, 0.3) is 0 Å². The van der Waals surface area contributed by atoms with E-state index < -0.39 is 0 Å². The van der Waals surface area contributed by atoms with Gasteiger partial charge in [-0.25, -0.2) is 0 Å². The summed E-state index contributed by atoms with van der Waals surface area (Å²) in [6.45, 7) is 3.56. The van der Waals surface area contributed by atoms with E-state index in [1.807, 2.05) is 4.90 Å². The number of esters is 1. The van der Waals surface area contributed by atoms with Crippen LogP contribution in [0.2, 0.25) is 0 Å². The van der Waals surface area contributed by atoms with Crippen molar-refractivity contribution in [3.05, 3.63) is 0 Å². The highest BCUT2D eigenvalue weighted by Crippen LogP contribution is 2.51. The van der Waals surface area contributed by atoms with Crippen LogP contribution in [0.4, 0.5) is 0 Å². The van der Waals surface area contributed by atoms with E-state index in [1.54, 1.807) is 11.8 Å². The van der Waals surface area contributed by atoms with Gasteiger partial charge < -0.3 is 15.0 Å². The van der Waals surface area contributed by atoms with Crippen LogP contribution in [0.25, 0.3) is 0 Å². The number of hydrogen-bond acceptors (Lipinski definition) is 5. The molecule has 0 aromatic carbocycles. The number of thioether (sulfide) groups is 1. The highest BCUT2D eigenvalue weighted by molar-refractivity contribution is 7.99. The first-order chi connectivity index (χ1) is 9.65. The van der Waals surface area contributed by atoms with E-state index >= 15 is 0 Å². The number of nitrogens with one attached hydrogen (secondary N) is 1. The van der Waals surface area contributed by atoms with Gasteiger partial charge in [0.1, 0.15) is 0 Å². The van der Waals surface area contributed by atoms with Crippen molar-refractivity contribution in [1.82, 2.24) is 10.2 Å². The molecule has 5 nitrogen and oxygen atoms in total. The van der Waals surface area contributed by atoms with Gasteiger partial charge in [-0.15, -0.1) is 0 Å². The van der Waals surface area contributed by atoms with Crippen LogP contribution in [0.1, 0.15) is 25.7 Å². The summed E-state index contributed by atoms with van der Waals surface area (Å²) in [5.74, 6) is 1.52. The van der Waals surface area contributed by atoms with Crippen LogP contribution >= 0.6 is 11.8 Å². The molecule has 1 heterocycles. The minimum atomic E-state index is -0.131. The smallest absolute Gasteiger partial charge is 0.306 e. The fourth-order valence-corrected chi connectivity index (χ4v) is 3.75. The van der Waals surface area contributed by atoms with E-state index in [0.717, 1.165) is 51.2 Å². The quantitative estimate of drug-likeness (QED) is 0.738. The number of nitrogens with zero attached hydrogens (tertiary/aromatic N) is 1. The van der Waals surface area contributed by atoms with Crippen molar-refractivity contribution in [1.29, 1.82) is 0 Å². The summed E-state index contributed by atoms with van der Waals surface area (Å²) in [7, 11) is 1.43. The van der Waals surface area contributed by atoms with E-state index in [0.29, 0.717) is 12.2 Å². The summed E-state index contributed by atoms with van der Waals surface area (Å²) in [6, 6.07) is 0. The number of hydrogen-bond donors (Lipinski definition) is 1. The van der Waals surface area contributed by atoms with E-state index in [9.17, 15) is 9.59 Å². The average Bonchev–Trinajstić information content (AvgIpc) is 3.22.